The fourth-order valence-corrected chi connectivity index (χ4v) is 2.97. The number of nitrogens with zero attached hydrogens (tertiary/aromatic N) is 4. The van der Waals surface area contributed by atoms with Crippen LogP contribution in [0, 0.1) is 22.7 Å². The highest BCUT2D eigenvalue weighted by atomic mass is 32.1. The van der Waals surface area contributed by atoms with Gasteiger partial charge >= 0.3 is 5.97 Å². The number of carbonyl (C=O) groups excluding carboxylic acids is 2. The SMILES string of the molecule is N#CCCN(CCC#N)C(=O)COC(=O)/C=C/c1nc2ccccc2s1. The van der Waals surface area contributed by atoms with Crippen molar-refractivity contribution in [1.82, 2.24) is 9.88 Å². The van der Waals surface area contributed by atoms with Gasteiger partial charge in [-0.2, -0.15) is 10.5 Å². The summed E-state index contributed by atoms with van der Waals surface area (Å²) < 4.78 is 5.95. The molecule has 8 heteroatoms. The normalized spacial score (nSPS) is 10.4. The van der Waals surface area contributed by atoms with Gasteiger partial charge in [-0.1, -0.05) is 12.1 Å². The van der Waals surface area contributed by atoms with E-state index >= 15 is 0 Å². The van der Waals surface area contributed by atoms with Crippen LogP contribution in [0.4, 0.5) is 0 Å². The number of rotatable bonds is 8. The lowest BCUT2D eigenvalue weighted by Gasteiger charge is -2.19. The molecule has 0 saturated heterocycles. The van der Waals surface area contributed by atoms with Crippen LogP contribution < -0.4 is 0 Å². The first-order valence-electron chi connectivity index (χ1n) is 7.86. The number of nitriles is 2. The van der Waals surface area contributed by atoms with E-state index in [-0.39, 0.29) is 25.9 Å². The lowest BCUT2D eigenvalue weighted by atomic mass is 10.3. The summed E-state index contributed by atoms with van der Waals surface area (Å²) in [6.45, 7) is -0.0217. The van der Waals surface area contributed by atoms with Gasteiger partial charge in [-0.25, -0.2) is 9.78 Å². The van der Waals surface area contributed by atoms with E-state index in [9.17, 15) is 9.59 Å². The molecule has 0 unspecified atom stereocenters. The van der Waals surface area contributed by atoms with Crippen LogP contribution >= 0.6 is 11.3 Å². The fraction of sp³-hybridized carbons (Fsp3) is 0.278. The number of hydrogen-bond donors (Lipinski definition) is 0. The third-order valence-electron chi connectivity index (χ3n) is 3.35. The summed E-state index contributed by atoms with van der Waals surface area (Å²) in [5.41, 5.74) is 0.853. The molecule has 0 bridgehead atoms. The molecule has 2 aromatic rings. The Morgan fingerprint density at radius 3 is 2.54 bits per heavy atom. The predicted molar refractivity (Wildman–Crippen MR) is 96.7 cm³/mol. The number of esters is 1. The number of ether oxygens (including phenoxy) is 1. The molecule has 0 saturated carbocycles. The Morgan fingerprint density at radius 1 is 1.19 bits per heavy atom. The summed E-state index contributed by atoms with van der Waals surface area (Å²) in [6.07, 6.45) is 3.08. The Kier molecular flexibility index (Phi) is 7.29. The summed E-state index contributed by atoms with van der Waals surface area (Å²) in [6, 6.07) is 11.5. The molecule has 0 N–H and O–H groups in total. The predicted octanol–water partition coefficient (Wildman–Crippen LogP) is 2.51. The van der Waals surface area contributed by atoms with Crippen LogP contribution in [0.2, 0.25) is 0 Å². The lowest BCUT2D eigenvalue weighted by Crippen LogP contribution is -2.36. The molecule has 0 atom stereocenters. The van der Waals surface area contributed by atoms with Gasteiger partial charge in [-0.15, -0.1) is 11.3 Å². The Morgan fingerprint density at radius 2 is 1.88 bits per heavy atom. The van der Waals surface area contributed by atoms with Gasteiger partial charge < -0.3 is 9.64 Å². The molecule has 132 valence electrons. The molecule has 1 heterocycles. The van der Waals surface area contributed by atoms with Crippen molar-refractivity contribution in [2.75, 3.05) is 19.7 Å². The first-order chi connectivity index (χ1) is 12.6. The van der Waals surface area contributed by atoms with Crippen LogP contribution in [0.3, 0.4) is 0 Å². The van der Waals surface area contributed by atoms with Crippen molar-refractivity contribution in [1.29, 1.82) is 10.5 Å². The highest BCUT2D eigenvalue weighted by Gasteiger charge is 2.14. The van der Waals surface area contributed by atoms with Crippen LogP contribution in [0.15, 0.2) is 30.3 Å². The molecule has 0 aliphatic rings. The number of aromatic nitrogens is 1. The highest BCUT2D eigenvalue weighted by Crippen LogP contribution is 2.22. The molecule has 7 nitrogen and oxygen atoms in total. The number of thiazole rings is 1. The van der Waals surface area contributed by atoms with Gasteiger partial charge in [0.25, 0.3) is 5.91 Å². The van der Waals surface area contributed by atoms with Crippen molar-refractivity contribution in [3.05, 3.63) is 35.3 Å². The van der Waals surface area contributed by atoms with Crippen molar-refractivity contribution in [2.24, 2.45) is 0 Å². The number of hydrogen-bond acceptors (Lipinski definition) is 7. The van der Waals surface area contributed by atoms with Crippen molar-refractivity contribution in [2.45, 2.75) is 12.8 Å². The zero-order chi connectivity index (χ0) is 18.8. The third kappa shape index (κ3) is 5.69. The van der Waals surface area contributed by atoms with Crippen LogP contribution in [0.25, 0.3) is 16.3 Å². The minimum Gasteiger partial charge on any atom is -0.452 e. The van der Waals surface area contributed by atoms with Crippen LogP contribution in [0.5, 0.6) is 0 Å². The smallest absolute Gasteiger partial charge is 0.331 e. The summed E-state index contributed by atoms with van der Waals surface area (Å²) >= 11 is 1.44. The van der Waals surface area contributed by atoms with Gasteiger partial charge in [-0.3, -0.25) is 4.79 Å². The highest BCUT2D eigenvalue weighted by molar-refractivity contribution is 7.19. The standard InChI is InChI=1S/C18H16N4O3S/c19-9-3-11-22(12-4-10-20)17(23)13-25-18(24)8-7-16-21-14-5-1-2-6-15(14)26-16/h1-2,5-8H,3-4,11-13H2/b8-7+. The second-order valence-corrected chi connectivity index (χ2v) is 6.22. The second kappa shape index (κ2) is 9.92. The Bertz CT molecular complexity index is 841. The summed E-state index contributed by atoms with van der Waals surface area (Å²) in [4.78, 5) is 29.5. The summed E-state index contributed by atoms with van der Waals surface area (Å²) in [5, 5.41) is 17.9. The van der Waals surface area contributed by atoms with E-state index in [0.29, 0.717) is 5.01 Å². The average Bonchev–Trinajstić information content (AvgIpc) is 3.07. The van der Waals surface area contributed by atoms with Gasteiger partial charge in [0.05, 0.1) is 35.2 Å². The van der Waals surface area contributed by atoms with E-state index in [0.717, 1.165) is 10.2 Å². The first kappa shape index (κ1) is 19.1. The van der Waals surface area contributed by atoms with E-state index < -0.39 is 18.5 Å². The molecule has 0 radical (unpaired) electrons. The van der Waals surface area contributed by atoms with E-state index in [1.807, 2.05) is 36.4 Å². The summed E-state index contributed by atoms with van der Waals surface area (Å²) in [7, 11) is 0. The minimum atomic E-state index is -0.655. The number of benzene rings is 1. The topological polar surface area (TPSA) is 107 Å². The molecule has 0 aliphatic heterocycles. The second-order valence-electron chi connectivity index (χ2n) is 5.16. The molecule has 1 aromatic carbocycles. The lowest BCUT2D eigenvalue weighted by molar-refractivity contribution is -0.148. The molecule has 0 spiro atoms. The van der Waals surface area contributed by atoms with Crippen molar-refractivity contribution >= 4 is 39.5 Å². The number of amides is 1. The maximum Gasteiger partial charge on any atom is 0.331 e. The molecule has 1 amide bonds. The number of para-hydroxylation sites is 1. The van der Waals surface area contributed by atoms with E-state index in [4.69, 9.17) is 15.3 Å². The molecule has 26 heavy (non-hydrogen) atoms. The van der Waals surface area contributed by atoms with Crippen LogP contribution in [-0.4, -0.2) is 41.5 Å². The molecule has 1 aromatic heterocycles. The Hall–Kier alpha value is -3.23. The van der Waals surface area contributed by atoms with Gasteiger partial charge in [0.15, 0.2) is 6.61 Å². The number of fused-ring (bicyclic) bond motifs is 1. The van der Waals surface area contributed by atoms with Crippen molar-refractivity contribution in [3.8, 4) is 12.1 Å². The van der Waals surface area contributed by atoms with Crippen molar-refractivity contribution in [3.63, 3.8) is 0 Å². The monoisotopic (exact) mass is 368 g/mol. The molecule has 2 rings (SSSR count). The number of carbonyl (C=O) groups is 2. The Labute approximate surface area is 154 Å². The minimum absolute atomic E-state index is 0.155. The van der Waals surface area contributed by atoms with Gasteiger partial charge in [-0.05, 0) is 18.2 Å². The van der Waals surface area contributed by atoms with E-state index in [2.05, 4.69) is 4.98 Å². The first-order valence-corrected chi connectivity index (χ1v) is 8.67. The molecular formula is C18H16N4O3S. The van der Waals surface area contributed by atoms with Crippen molar-refractivity contribution < 1.29 is 14.3 Å². The van der Waals surface area contributed by atoms with Gasteiger partial charge in [0.2, 0.25) is 0 Å². The fourth-order valence-electron chi connectivity index (χ4n) is 2.10. The van der Waals surface area contributed by atoms with E-state index in [1.54, 1.807) is 6.08 Å². The quantitative estimate of drug-likeness (QED) is 0.523. The summed E-state index contributed by atoms with van der Waals surface area (Å²) in [5.74, 6) is -1.09. The maximum absolute atomic E-state index is 12.0. The largest absolute Gasteiger partial charge is 0.452 e. The van der Waals surface area contributed by atoms with Gasteiger partial charge in [0, 0.05) is 19.2 Å². The van der Waals surface area contributed by atoms with Crippen LogP contribution in [0.1, 0.15) is 17.8 Å². The average molecular weight is 368 g/mol. The zero-order valence-corrected chi connectivity index (χ0v) is 14.7. The maximum atomic E-state index is 12.0. The molecule has 0 aliphatic carbocycles. The molecule has 0 fully saturated rings. The molecular weight excluding hydrogens is 352 g/mol. The Balaban J connectivity index is 1.87. The van der Waals surface area contributed by atoms with Crippen LogP contribution in [-0.2, 0) is 14.3 Å². The van der Waals surface area contributed by atoms with E-state index in [1.165, 1.54) is 22.3 Å². The third-order valence-corrected chi connectivity index (χ3v) is 4.35. The zero-order valence-electron chi connectivity index (χ0n) is 13.9. The van der Waals surface area contributed by atoms with Gasteiger partial charge in [0.1, 0.15) is 5.01 Å².